The van der Waals surface area contributed by atoms with Crippen LogP contribution in [-0.4, -0.2) is 36.2 Å². The number of carbonyl (C=O) groups is 1. The van der Waals surface area contributed by atoms with Crippen LogP contribution in [0.2, 0.25) is 0 Å². The van der Waals surface area contributed by atoms with Crippen LogP contribution in [-0.2, 0) is 4.79 Å². The van der Waals surface area contributed by atoms with Gasteiger partial charge in [0, 0.05) is 30.2 Å². The standard InChI is InChI=1S/C14H19FN2OS/c15-12-3-1-2-4-13(12)19-8-6-14(18)17-7-5-11(9-16)10-17/h1-4,11H,5-10,16H2. The number of carbonyl (C=O) groups excluding carboxylic acids is 1. The van der Waals surface area contributed by atoms with Gasteiger partial charge in [0.05, 0.1) is 0 Å². The molecule has 5 heteroatoms. The van der Waals surface area contributed by atoms with Gasteiger partial charge < -0.3 is 10.6 Å². The van der Waals surface area contributed by atoms with Gasteiger partial charge >= 0.3 is 0 Å². The molecule has 1 aromatic carbocycles. The summed E-state index contributed by atoms with van der Waals surface area (Å²) in [6.45, 7) is 2.23. The molecular formula is C14H19FN2OS. The van der Waals surface area contributed by atoms with Crippen molar-refractivity contribution in [2.24, 2.45) is 11.7 Å². The van der Waals surface area contributed by atoms with E-state index in [9.17, 15) is 9.18 Å². The smallest absolute Gasteiger partial charge is 0.223 e. The molecule has 0 radical (unpaired) electrons. The zero-order chi connectivity index (χ0) is 13.7. The maximum absolute atomic E-state index is 13.4. The van der Waals surface area contributed by atoms with Gasteiger partial charge in [0.25, 0.3) is 0 Å². The number of thioether (sulfide) groups is 1. The molecule has 1 aliphatic heterocycles. The molecule has 1 aromatic rings. The van der Waals surface area contributed by atoms with Crippen LogP contribution >= 0.6 is 11.8 Å². The van der Waals surface area contributed by atoms with E-state index in [4.69, 9.17) is 5.73 Å². The normalized spacial score (nSPS) is 18.8. The highest BCUT2D eigenvalue weighted by atomic mass is 32.2. The van der Waals surface area contributed by atoms with E-state index in [0.29, 0.717) is 29.5 Å². The first kappa shape index (κ1) is 14.3. The molecule has 1 heterocycles. The van der Waals surface area contributed by atoms with Crippen LogP contribution < -0.4 is 5.73 Å². The predicted molar refractivity (Wildman–Crippen MR) is 75.5 cm³/mol. The molecule has 0 spiro atoms. The first-order valence-corrected chi connectivity index (χ1v) is 7.54. The summed E-state index contributed by atoms with van der Waals surface area (Å²) in [5, 5.41) is 0. The largest absolute Gasteiger partial charge is 0.342 e. The van der Waals surface area contributed by atoms with E-state index < -0.39 is 0 Å². The second kappa shape index (κ2) is 6.91. The zero-order valence-electron chi connectivity index (χ0n) is 10.8. The molecule has 1 amide bonds. The first-order valence-electron chi connectivity index (χ1n) is 6.56. The van der Waals surface area contributed by atoms with Crippen molar-refractivity contribution in [2.75, 3.05) is 25.4 Å². The van der Waals surface area contributed by atoms with Crippen molar-refractivity contribution >= 4 is 17.7 Å². The summed E-state index contributed by atoms with van der Waals surface area (Å²) in [4.78, 5) is 14.4. The summed E-state index contributed by atoms with van der Waals surface area (Å²) in [6.07, 6.45) is 1.46. The Morgan fingerprint density at radius 2 is 2.26 bits per heavy atom. The van der Waals surface area contributed by atoms with Gasteiger partial charge in [-0.15, -0.1) is 11.8 Å². The lowest BCUT2D eigenvalue weighted by molar-refractivity contribution is -0.129. The van der Waals surface area contributed by atoms with Crippen LogP contribution in [0.15, 0.2) is 29.2 Å². The van der Waals surface area contributed by atoms with Crippen molar-refractivity contribution in [3.63, 3.8) is 0 Å². The van der Waals surface area contributed by atoms with Crippen LogP contribution in [0, 0.1) is 11.7 Å². The Hall–Kier alpha value is -1.07. The van der Waals surface area contributed by atoms with Gasteiger partial charge in [-0.25, -0.2) is 4.39 Å². The Morgan fingerprint density at radius 1 is 1.47 bits per heavy atom. The lowest BCUT2D eigenvalue weighted by Gasteiger charge is -2.16. The highest BCUT2D eigenvalue weighted by Gasteiger charge is 2.24. The van der Waals surface area contributed by atoms with E-state index in [1.54, 1.807) is 18.2 Å². The lowest BCUT2D eigenvalue weighted by atomic mass is 10.1. The molecule has 1 saturated heterocycles. The highest BCUT2D eigenvalue weighted by molar-refractivity contribution is 7.99. The third kappa shape index (κ3) is 3.94. The SMILES string of the molecule is NCC1CCN(C(=O)CCSc2ccccc2F)C1. The molecule has 19 heavy (non-hydrogen) atoms. The maximum atomic E-state index is 13.4. The molecule has 1 fully saturated rings. The van der Waals surface area contributed by atoms with Gasteiger partial charge in [0.1, 0.15) is 5.82 Å². The molecule has 1 atom stereocenters. The predicted octanol–water partition coefficient (Wildman–Crippen LogP) is 2.12. The monoisotopic (exact) mass is 282 g/mol. The number of amides is 1. The second-order valence-electron chi connectivity index (χ2n) is 4.76. The average Bonchev–Trinajstić information content (AvgIpc) is 2.90. The molecule has 0 aromatic heterocycles. The molecule has 2 N–H and O–H groups in total. The van der Waals surface area contributed by atoms with Crippen LogP contribution in [0.1, 0.15) is 12.8 Å². The van der Waals surface area contributed by atoms with Gasteiger partial charge in [0.15, 0.2) is 0 Å². The van der Waals surface area contributed by atoms with Crippen molar-refractivity contribution in [2.45, 2.75) is 17.7 Å². The van der Waals surface area contributed by atoms with Gasteiger partial charge in [0.2, 0.25) is 5.91 Å². The first-order chi connectivity index (χ1) is 9.20. The summed E-state index contributed by atoms with van der Waals surface area (Å²) < 4.78 is 13.4. The third-order valence-electron chi connectivity index (χ3n) is 3.38. The van der Waals surface area contributed by atoms with E-state index in [1.165, 1.54) is 17.8 Å². The van der Waals surface area contributed by atoms with Gasteiger partial charge in [-0.1, -0.05) is 12.1 Å². The van der Waals surface area contributed by atoms with Crippen molar-refractivity contribution in [1.29, 1.82) is 0 Å². The Labute approximate surface area is 117 Å². The van der Waals surface area contributed by atoms with Gasteiger partial charge in [-0.2, -0.15) is 0 Å². The molecule has 0 saturated carbocycles. The van der Waals surface area contributed by atoms with Crippen LogP contribution in [0.4, 0.5) is 4.39 Å². The molecule has 1 aliphatic rings. The van der Waals surface area contributed by atoms with Crippen molar-refractivity contribution in [3.05, 3.63) is 30.1 Å². The Morgan fingerprint density at radius 3 is 2.95 bits per heavy atom. The summed E-state index contributed by atoms with van der Waals surface area (Å²) in [7, 11) is 0. The summed E-state index contributed by atoms with van der Waals surface area (Å²) in [5.41, 5.74) is 5.61. The molecule has 104 valence electrons. The number of nitrogens with two attached hydrogens (primary N) is 1. The summed E-state index contributed by atoms with van der Waals surface area (Å²) in [5.74, 6) is 0.996. The van der Waals surface area contributed by atoms with Crippen LogP contribution in [0.5, 0.6) is 0 Å². The molecule has 3 nitrogen and oxygen atoms in total. The van der Waals surface area contributed by atoms with Crippen LogP contribution in [0.3, 0.4) is 0 Å². The topological polar surface area (TPSA) is 46.3 Å². The lowest BCUT2D eigenvalue weighted by Crippen LogP contribution is -2.30. The van der Waals surface area contributed by atoms with E-state index >= 15 is 0 Å². The van der Waals surface area contributed by atoms with Gasteiger partial charge in [-0.3, -0.25) is 4.79 Å². The number of rotatable bonds is 5. The van der Waals surface area contributed by atoms with E-state index in [-0.39, 0.29) is 11.7 Å². The fraction of sp³-hybridized carbons (Fsp3) is 0.500. The summed E-state index contributed by atoms with van der Waals surface area (Å²) in [6, 6.07) is 6.66. The zero-order valence-corrected chi connectivity index (χ0v) is 11.7. The molecule has 1 unspecified atom stereocenters. The van der Waals surface area contributed by atoms with E-state index in [0.717, 1.165) is 19.5 Å². The van der Waals surface area contributed by atoms with E-state index in [1.807, 2.05) is 4.90 Å². The van der Waals surface area contributed by atoms with E-state index in [2.05, 4.69) is 0 Å². The third-order valence-corrected chi connectivity index (χ3v) is 4.43. The fourth-order valence-electron chi connectivity index (χ4n) is 2.22. The summed E-state index contributed by atoms with van der Waals surface area (Å²) >= 11 is 1.39. The van der Waals surface area contributed by atoms with Crippen molar-refractivity contribution in [3.8, 4) is 0 Å². The molecular weight excluding hydrogens is 263 g/mol. The van der Waals surface area contributed by atoms with Crippen molar-refractivity contribution in [1.82, 2.24) is 4.90 Å². The number of hydrogen-bond donors (Lipinski definition) is 1. The number of benzene rings is 1. The molecule has 2 rings (SSSR count). The minimum atomic E-state index is -0.218. The Bertz CT molecular complexity index is 441. The average molecular weight is 282 g/mol. The molecule has 0 aliphatic carbocycles. The highest BCUT2D eigenvalue weighted by Crippen LogP contribution is 2.23. The Balaban J connectivity index is 1.74. The number of likely N-dealkylation sites (tertiary alicyclic amines) is 1. The maximum Gasteiger partial charge on any atom is 0.223 e. The Kier molecular flexibility index (Phi) is 5.22. The number of halogens is 1. The minimum absolute atomic E-state index is 0.153. The quantitative estimate of drug-likeness (QED) is 0.841. The number of nitrogens with zero attached hydrogens (tertiary/aromatic N) is 1. The van der Waals surface area contributed by atoms with Crippen LogP contribution in [0.25, 0.3) is 0 Å². The molecule has 0 bridgehead atoms. The number of hydrogen-bond acceptors (Lipinski definition) is 3. The second-order valence-corrected chi connectivity index (χ2v) is 5.90. The fourth-order valence-corrected chi connectivity index (χ4v) is 3.10. The van der Waals surface area contributed by atoms with Crippen molar-refractivity contribution < 1.29 is 9.18 Å². The van der Waals surface area contributed by atoms with Gasteiger partial charge in [-0.05, 0) is 31.0 Å². The minimum Gasteiger partial charge on any atom is -0.342 e.